The lowest BCUT2D eigenvalue weighted by molar-refractivity contribution is -0.126. The highest BCUT2D eigenvalue weighted by molar-refractivity contribution is 5.95. The number of hydrogen-bond acceptors (Lipinski definition) is 10. The Bertz CT molecular complexity index is 1690. The Labute approximate surface area is 260 Å². The molecule has 0 atom stereocenters. The van der Waals surface area contributed by atoms with Crippen LogP contribution in [0.1, 0.15) is 25.7 Å². The van der Waals surface area contributed by atoms with Crippen molar-refractivity contribution >= 4 is 39.8 Å². The Balaban J connectivity index is 1.15. The fraction of sp³-hybridized carbons (Fsp3) is 0.333. The van der Waals surface area contributed by atoms with Crippen LogP contribution in [0.5, 0.6) is 17.2 Å². The number of methoxy groups -OCH3 is 2. The Hall–Kier alpha value is -4.97. The molecule has 2 aromatic carbocycles. The van der Waals surface area contributed by atoms with Gasteiger partial charge in [0.15, 0.2) is 0 Å². The van der Waals surface area contributed by atoms with Gasteiger partial charge in [-0.2, -0.15) is 0 Å². The maximum atomic E-state index is 15.3. The van der Waals surface area contributed by atoms with E-state index < -0.39 is 5.82 Å². The number of ether oxygens (including phenoxy) is 3. The SMILES string of the molecule is C=CC(=O)N1CCC(Nc2cc3c(Nc4ccc(Oc5ccnc(NC6CC(OC)C6)c5)cc4F)ncnc3cc2OC)CC1. The zero-order valence-corrected chi connectivity index (χ0v) is 25.3. The van der Waals surface area contributed by atoms with Gasteiger partial charge in [0.1, 0.15) is 41.0 Å². The monoisotopic (exact) mass is 613 g/mol. The number of rotatable bonds is 11. The molecule has 0 unspecified atom stereocenters. The summed E-state index contributed by atoms with van der Waals surface area (Å²) in [6.07, 6.45) is 8.12. The molecule has 2 aromatic heterocycles. The first-order valence-corrected chi connectivity index (χ1v) is 14.9. The van der Waals surface area contributed by atoms with Crippen molar-refractivity contribution in [2.24, 2.45) is 0 Å². The number of likely N-dealkylation sites (tertiary alicyclic amines) is 1. The van der Waals surface area contributed by atoms with E-state index in [9.17, 15) is 4.79 Å². The van der Waals surface area contributed by atoms with Crippen LogP contribution in [-0.2, 0) is 9.53 Å². The molecule has 0 radical (unpaired) electrons. The second-order valence-corrected chi connectivity index (χ2v) is 11.2. The summed E-state index contributed by atoms with van der Waals surface area (Å²) in [5.41, 5.74) is 1.65. The molecule has 3 N–H and O–H groups in total. The molecule has 2 fully saturated rings. The Morgan fingerprint density at radius 2 is 1.78 bits per heavy atom. The molecule has 1 saturated carbocycles. The van der Waals surface area contributed by atoms with E-state index in [1.807, 2.05) is 12.1 Å². The molecular formula is C33H36FN7O4. The van der Waals surface area contributed by atoms with Crippen molar-refractivity contribution in [2.45, 2.75) is 43.9 Å². The number of amides is 1. The van der Waals surface area contributed by atoms with E-state index in [1.54, 1.807) is 49.6 Å². The number of pyridine rings is 1. The zero-order chi connectivity index (χ0) is 31.3. The highest BCUT2D eigenvalue weighted by Crippen LogP contribution is 2.35. The molecule has 234 valence electrons. The van der Waals surface area contributed by atoms with Gasteiger partial charge in [0.2, 0.25) is 5.91 Å². The van der Waals surface area contributed by atoms with Crippen molar-refractivity contribution in [1.29, 1.82) is 0 Å². The third-order valence-corrected chi connectivity index (χ3v) is 8.24. The van der Waals surface area contributed by atoms with Gasteiger partial charge in [0.05, 0.1) is 30.1 Å². The number of anilines is 4. The first-order valence-electron chi connectivity index (χ1n) is 14.9. The molecule has 11 nitrogen and oxygen atoms in total. The van der Waals surface area contributed by atoms with Gasteiger partial charge in [0.25, 0.3) is 0 Å². The normalized spacial score (nSPS) is 18.2. The Morgan fingerprint density at radius 1 is 0.978 bits per heavy atom. The number of aromatic nitrogens is 3. The number of nitrogens with one attached hydrogen (secondary N) is 3. The average molecular weight is 614 g/mol. The van der Waals surface area contributed by atoms with Crippen LogP contribution in [0.25, 0.3) is 10.9 Å². The standard InChI is InChI=1S/C33H36FN7O4/c1-4-32(42)41-11-8-20(9-12-41)38-29-17-25-28(18-30(29)44-3)36-19-37-33(25)40-27-6-5-22(15-26(27)34)45-23-7-10-35-31(16-23)39-21-13-24(14-21)43-2/h4-7,10,15-21,24,38H,1,8-9,11-14H2,2-3H3,(H,35,39)(H,36,37,40). The third kappa shape index (κ3) is 6.91. The van der Waals surface area contributed by atoms with Crippen LogP contribution in [0.4, 0.5) is 27.4 Å². The lowest BCUT2D eigenvalue weighted by atomic mass is 9.89. The molecular weight excluding hydrogens is 577 g/mol. The molecule has 1 aliphatic heterocycles. The number of nitrogens with zero attached hydrogens (tertiary/aromatic N) is 4. The highest BCUT2D eigenvalue weighted by Gasteiger charge is 2.29. The second kappa shape index (κ2) is 13.3. The predicted molar refractivity (Wildman–Crippen MR) is 171 cm³/mol. The van der Waals surface area contributed by atoms with Gasteiger partial charge in [-0.15, -0.1) is 0 Å². The first kappa shape index (κ1) is 30.1. The van der Waals surface area contributed by atoms with E-state index in [-0.39, 0.29) is 23.7 Å². The van der Waals surface area contributed by atoms with Gasteiger partial charge in [0, 0.05) is 62.1 Å². The van der Waals surface area contributed by atoms with Crippen LogP contribution in [0.3, 0.4) is 0 Å². The summed E-state index contributed by atoms with van der Waals surface area (Å²) in [5, 5.41) is 10.7. The summed E-state index contributed by atoms with van der Waals surface area (Å²) in [4.78, 5) is 26.9. The number of halogens is 1. The summed E-state index contributed by atoms with van der Waals surface area (Å²) in [5.74, 6) is 2.11. The second-order valence-electron chi connectivity index (χ2n) is 11.2. The molecule has 45 heavy (non-hydrogen) atoms. The molecule has 1 aliphatic carbocycles. The van der Waals surface area contributed by atoms with Crippen molar-refractivity contribution in [3.8, 4) is 17.2 Å². The maximum Gasteiger partial charge on any atom is 0.245 e. The van der Waals surface area contributed by atoms with Crippen molar-refractivity contribution < 1.29 is 23.4 Å². The molecule has 1 amide bonds. The topological polar surface area (TPSA) is 123 Å². The lowest BCUT2D eigenvalue weighted by Crippen LogP contribution is -2.41. The highest BCUT2D eigenvalue weighted by atomic mass is 19.1. The number of fused-ring (bicyclic) bond motifs is 1. The van der Waals surface area contributed by atoms with Crippen LogP contribution >= 0.6 is 0 Å². The summed E-state index contributed by atoms with van der Waals surface area (Å²) in [6.45, 7) is 4.86. The molecule has 1 saturated heterocycles. The quantitative estimate of drug-likeness (QED) is 0.177. The van der Waals surface area contributed by atoms with E-state index in [0.717, 1.165) is 31.4 Å². The van der Waals surface area contributed by atoms with Crippen LogP contribution in [-0.4, -0.2) is 71.3 Å². The lowest BCUT2D eigenvalue weighted by Gasteiger charge is -2.34. The smallest absolute Gasteiger partial charge is 0.245 e. The van der Waals surface area contributed by atoms with Crippen molar-refractivity contribution in [1.82, 2.24) is 19.9 Å². The summed E-state index contributed by atoms with van der Waals surface area (Å²) < 4.78 is 32.3. The number of piperidine rings is 1. The summed E-state index contributed by atoms with van der Waals surface area (Å²) in [7, 11) is 3.32. The Morgan fingerprint density at radius 3 is 2.51 bits per heavy atom. The van der Waals surface area contributed by atoms with Gasteiger partial charge in [-0.3, -0.25) is 4.79 Å². The zero-order valence-electron chi connectivity index (χ0n) is 25.3. The van der Waals surface area contributed by atoms with Gasteiger partial charge in [-0.1, -0.05) is 6.58 Å². The van der Waals surface area contributed by atoms with Crippen molar-refractivity contribution in [3.05, 3.63) is 73.5 Å². The van der Waals surface area contributed by atoms with Crippen molar-refractivity contribution in [2.75, 3.05) is 43.3 Å². The Kier molecular flexibility index (Phi) is 8.92. The number of carbonyl (C=O) groups excluding carboxylic acids is 1. The van der Waals surface area contributed by atoms with Crippen LogP contribution in [0.2, 0.25) is 0 Å². The summed E-state index contributed by atoms with van der Waals surface area (Å²) in [6, 6.07) is 12.3. The molecule has 6 rings (SSSR count). The summed E-state index contributed by atoms with van der Waals surface area (Å²) >= 11 is 0. The maximum absolute atomic E-state index is 15.3. The van der Waals surface area contributed by atoms with Gasteiger partial charge >= 0.3 is 0 Å². The molecule has 2 aliphatic rings. The molecule has 4 aromatic rings. The van der Waals surface area contributed by atoms with E-state index in [2.05, 4.69) is 37.5 Å². The molecule has 0 bridgehead atoms. The van der Waals surface area contributed by atoms with E-state index in [4.69, 9.17) is 14.2 Å². The largest absolute Gasteiger partial charge is 0.495 e. The van der Waals surface area contributed by atoms with Gasteiger partial charge in [-0.25, -0.2) is 19.3 Å². The van der Waals surface area contributed by atoms with Crippen LogP contribution < -0.4 is 25.4 Å². The third-order valence-electron chi connectivity index (χ3n) is 8.24. The minimum Gasteiger partial charge on any atom is -0.495 e. The predicted octanol–water partition coefficient (Wildman–Crippen LogP) is 5.89. The fourth-order valence-electron chi connectivity index (χ4n) is 5.62. The molecule has 0 spiro atoms. The molecule has 3 heterocycles. The fourth-order valence-corrected chi connectivity index (χ4v) is 5.62. The van der Waals surface area contributed by atoms with E-state index in [0.29, 0.717) is 58.9 Å². The minimum absolute atomic E-state index is 0.0548. The first-order chi connectivity index (χ1) is 21.9. The number of carbonyl (C=O) groups is 1. The van der Waals surface area contributed by atoms with Gasteiger partial charge < -0.3 is 35.1 Å². The van der Waals surface area contributed by atoms with Gasteiger partial charge in [-0.05, 0) is 56.0 Å². The van der Waals surface area contributed by atoms with Crippen LogP contribution in [0.15, 0.2) is 67.6 Å². The number of hydrogen-bond donors (Lipinski definition) is 3. The molecule has 12 heteroatoms. The number of benzene rings is 2. The van der Waals surface area contributed by atoms with Crippen LogP contribution in [0, 0.1) is 5.82 Å². The van der Waals surface area contributed by atoms with E-state index in [1.165, 1.54) is 18.5 Å². The van der Waals surface area contributed by atoms with E-state index >= 15 is 4.39 Å². The average Bonchev–Trinajstić information content (AvgIpc) is 3.04. The van der Waals surface area contributed by atoms with Crippen molar-refractivity contribution in [3.63, 3.8) is 0 Å². The minimum atomic E-state index is -0.501.